The van der Waals surface area contributed by atoms with Crippen molar-refractivity contribution in [2.24, 2.45) is 5.92 Å². The van der Waals surface area contributed by atoms with Gasteiger partial charge in [-0.1, -0.05) is 43.3 Å². The Hall–Kier alpha value is -2.73. The maximum atomic E-state index is 13.4. The van der Waals surface area contributed by atoms with Crippen molar-refractivity contribution in [1.29, 1.82) is 0 Å². The fourth-order valence-corrected chi connectivity index (χ4v) is 5.40. The summed E-state index contributed by atoms with van der Waals surface area (Å²) in [6, 6.07) is 17.6. The molecule has 3 aromatic rings. The Bertz CT molecular complexity index is 1100. The fraction of sp³-hybridized carbons (Fsp3) is 0.375. The highest BCUT2D eigenvalue weighted by atomic mass is 32.1. The summed E-state index contributed by atoms with van der Waals surface area (Å²) in [5.41, 5.74) is 1.56. The topological polar surface area (TPSA) is 55.2 Å². The molecule has 1 aliphatic carbocycles. The summed E-state index contributed by atoms with van der Waals surface area (Å²) in [6.07, 6.45) is 2.60. The summed E-state index contributed by atoms with van der Waals surface area (Å²) < 4.78 is 1.64. The molecular formula is C24H25N3O2S. The average Bonchev–Trinajstić information content (AvgIpc) is 3.41. The van der Waals surface area contributed by atoms with Crippen molar-refractivity contribution in [3.8, 4) is 10.6 Å². The minimum atomic E-state index is -0.331. The normalized spacial score (nSPS) is 22.6. The lowest BCUT2D eigenvalue weighted by Crippen LogP contribution is -2.49. The van der Waals surface area contributed by atoms with Gasteiger partial charge in [-0.25, -0.2) is 4.68 Å². The summed E-state index contributed by atoms with van der Waals surface area (Å²) in [4.78, 5) is 29.0. The van der Waals surface area contributed by atoms with Crippen LogP contribution in [0, 0.1) is 5.92 Å². The van der Waals surface area contributed by atoms with Crippen LogP contribution in [-0.2, 0) is 10.2 Å². The smallest absolute Gasteiger partial charge is 0.267 e. The number of aromatic nitrogens is 2. The molecule has 2 atom stereocenters. The number of carbonyl (C=O) groups excluding carboxylic acids is 1. The van der Waals surface area contributed by atoms with Gasteiger partial charge in [0.25, 0.3) is 5.56 Å². The quantitative estimate of drug-likeness (QED) is 0.639. The van der Waals surface area contributed by atoms with Gasteiger partial charge in [0, 0.05) is 19.2 Å². The zero-order valence-corrected chi connectivity index (χ0v) is 17.8. The first-order valence-electron chi connectivity index (χ1n) is 10.6. The van der Waals surface area contributed by atoms with E-state index in [4.69, 9.17) is 0 Å². The van der Waals surface area contributed by atoms with Crippen LogP contribution in [0.3, 0.4) is 0 Å². The van der Waals surface area contributed by atoms with E-state index in [0.29, 0.717) is 13.1 Å². The van der Waals surface area contributed by atoms with Gasteiger partial charge < -0.3 is 4.90 Å². The second-order valence-electron chi connectivity index (χ2n) is 8.51. The van der Waals surface area contributed by atoms with E-state index in [2.05, 4.69) is 24.2 Å². The van der Waals surface area contributed by atoms with Crippen molar-refractivity contribution >= 4 is 17.2 Å². The van der Waals surface area contributed by atoms with Crippen LogP contribution in [-0.4, -0.2) is 33.7 Å². The largest absolute Gasteiger partial charge is 0.342 e. The van der Waals surface area contributed by atoms with Crippen LogP contribution in [0.4, 0.5) is 0 Å². The van der Waals surface area contributed by atoms with Crippen LogP contribution >= 0.6 is 11.3 Å². The molecule has 5 rings (SSSR count). The van der Waals surface area contributed by atoms with Gasteiger partial charge >= 0.3 is 0 Å². The highest BCUT2D eigenvalue weighted by Crippen LogP contribution is 2.50. The molecule has 0 N–H and O–H groups in total. The lowest BCUT2D eigenvalue weighted by Gasteiger charge is -2.38. The zero-order valence-electron chi connectivity index (χ0n) is 17.0. The number of hydrogen-bond acceptors (Lipinski definition) is 4. The van der Waals surface area contributed by atoms with Gasteiger partial charge in [0.05, 0.1) is 16.3 Å². The van der Waals surface area contributed by atoms with Crippen LogP contribution in [0.2, 0.25) is 0 Å². The van der Waals surface area contributed by atoms with Gasteiger partial charge in [-0.15, -0.1) is 11.3 Å². The lowest BCUT2D eigenvalue weighted by atomic mass is 9.90. The van der Waals surface area contributed by atoms with E-state index in [1.54, 1.807) is 28.2 Å². The van der Waals surface area contributed by atoms with Crippen molar-refractivity contribution in [1.82, 2.24) is 14.7 Å². The molecule has 1 amide bonds. The van der Waals surface area contributed by atoms with E-state index in [9.17, 15) is 9.59 Å². The third-order valence-electron chi connectivity index (χ3n) is 6.55. The first-order chi connectivity index (χ1) is 14.6. The van der Waals surface area contributed by atoms with Gasteiger partial charge in [0.2, 0.25) is 5.91 Å². The van der Waals surface area contributed by atoms with E-state index < -0.39 is 0 Å². The standard InChI is InChI=1S/C24H25N3O2S/c1-17-16-26(23(29)24(12-13-24)18-6-3-2-4-7-18)14-11-20(17)27-22(28)10-9-19(25-27)21-8-5-15-30-21/h2-10,15,17,20H,11-14,16H2,1H3/t17-,20-/m1/s1. The van der Waals surface area contributed by atoms with E-state index in [0.717, 1.165) is 35.4 Å². The minimum Gasteiger partial charge on any atom is -0.342 e. The van der Waals surface area contributed by atoms with Crippen molar-refractivity contribution in [2.45, 2.75) is 37.6 Å². The molecule has 0 radical (unpaired) electrons. The van der Waals surface area contributed by atoms with Crippen LogP contribution in [0.5, 0.6) is 0 Å². The summed E-state index contributed by atoms with van der Waals surface area (Å²) in [5.74, 6) is 0.407. The Balaban J connectivity index is 1.35. The number of thiophene rings is 1. The molecule has 1 aliphatic heterocycles. The molecule has 30 heavy (non-hydrogen) atoms. The maximum absolute atomic E-state index is 13.4. The third kappa shape index (κ3) is 3.29. The number of carbonyl (C=O) groups is 1. The molecule has 154 valence electrons. The highest BCUT2D eigenvalue weighted by Gasteiger charge is 2.53. The van der Waals surface area contributed by atoms with Gasteiger partial charge in [-0.2, -0.15) is 5.10 Å². The van der Waals surface area contributed by atoms with Crippen molar-refractivity contribution in [3.05, 3.63) is 75.9 Å². The molecule has 2 aliphatic rings. The van der Waals surface area contributed by atoms with Crippen molar-refractivity contribution < 1.29 is 4.79 Å². The lowest BCUT2D eigenvalue weighted by molar-refractivity contribution is -0.136. The molecule has 6 heteroatoms. The predicted octanol–water partition coefficient (Wildman–Crippen LogP) is 4.11. The number of benzene rings is 1. The van der Waals surface area contributed by atoms with E-state index in [1.165, 1.54) is 0 Å². The Morgan fingerprint density at radius 1 is 1.10 bits per heavy atom. The van der Waals surface area contributed by atoms with Gasteiger partial charge in [0.15, 0.2) is 0 Å². The predicted molar refractivity (Wildman–Crippen MR) is 119 cm³/mol. The SMILES string of the molecule is C[C@@H]1CN(C(=O)C2(c3ccccc3)CC2)CC[C@H]1n1nc(-c2cccs2)ccc1=O. The number of nitrogens with zero attached hydrogens (tertiary/aromatic N) is 3. The summed E-state index contributed by atoms with van der Waals surface area (Å²) in [6.45, 7) is 3.45. The highest BCUT2D eigenvalue weighted by molar-refractivity contribution is 7.13. The van der Waals surface area contributed by atoms with Crippen molar-refractivity contribution in [3.63, 3.8) is 0 Å². The average molecular weight is 420 g/mol. The van der Waals surface area contributed by atoms with E-state index in [-0.39, 0.29) is 28.8 Å². The number of hydrogen-bond donors (Lipinski definition) is 0. The molecule has 1 aromatic carbocycles. The van der Waals surface area contributed by atoms with Gasteiger partial charge in [-0.3, -0.25) is 9.59 Å². The summed E-state index contributed by atoms with van der Waals surface area (Å²) >= 11 is 1.62. The first kappa shape index (κ1) is 19.2. The number of piperidine rings is 1. The molecule has 1 saturated heterocycles. The summed E-state index contributed by atoms with van der Waals surface area (Å²) in [7, 11) is 0. The molecule has 0 bridgehead atoms. The molecule has 5 nitrogen and oxygen atoms in total. The van der Waals surface area contributed by atoms with E-state index in [1.807, 2.05) is 40.6 Å². The molecule has 1 saturated carbocycles. The number of amides is 1. The zero-order chi connectivity index (χ0) is 20.7. The molecule has 2 fully saturated rings. The maximum Gasteiger partial charge on any atom is 0.267 e. The molecule has 0 unspecified atom stereocenters. The number of likely N-dealkylation sites (tertiary alicyclic amines) is 1. The monoisotopic (exact) mass is 419 g/mol. The van der Waals surface area contributed by atoms with E-state index >= 15 is 0 Å². The Kier molecular flexibility index (Phi) is 4.82. The second-order valence-corrected chi connectivity index (χ2v) is 9.46. The van der Waals surface area contributed by atoms with Crippen LogP contribution < -0.4 is 5.56 Å². The summed E-state index contributed by atoms with van der Waals surface area (Å²) in [5, 5.41) is 6.69. The van der Waals surface area contributed by atoms with Gasteiger partial charge in [0.1, 0.15) is 5.69 Å². The Labute approximate surface area is 180 Å². The molecule has 2 aromatic heterocycles. The number of rotatable bonds is 4. The Morgan fingerprint density at radius 2 is 1.90 bits per heavy atom. The van der Waals surface area contributed by atoms with Crippen molar-refractivity contribution in [2.75, 3.05) is 13.1 Å². The second kappa shape index (κ2) is 7.51. The minimum absolute atomic E-state index is 0.00772. The van der Waals surface area contributed by atoms with Crippen LogP contribution in [0.1, 0.15) is 37.8 Å². The molecular weight excluding hydrogens is 394 g/mol. The molecule has 3 heterocycles. The van der Waals surface area contributed by atoms with Crippen LogP contribution in [0.25, 0.3) is 10.6 Å². The third-order valence-corrected chi connectivity index (χ3v) is 7.44. The molecule has 0 spiro atoms. The fourth-order valence-electron chi connectivity index (χ4n) is 4.71. The van der Waals surface area contributed by atoms with Crippen LogP contribution in [0.15, 0.2) is 64.8 Å². The Morgan fingerprint density at radius 3 is 2.57 bits per heavy atom. The first-order valence-corrected chi connectivity index (χ1v) is 11.5. The van der Waals surface area contributed by atoms with Gasteiger partial charge in [-0.05, 0) is 48.3 Å².